The van der Waals surface area contributed by atoms with Crippen LogP contribution in [-0.2, 0) is 4.74 Å². The van der Waals surface area contributed by atoms with Crippen LogP contribution < -0.4 is 0 Å². The molecule has 0 rings (SSSR count). The zero-order valence-corrected chi connectivity index (χ0v) is 11.0. The monoisotopic (exact) mass is 232 g/mol. The Morgan fingerprint density at radius 2 is 1.69 bits per heavy atom. The standard InChI is InChI=1S/C13H28O3/c1-4-5-6-7-8-9-10-16-11-13(3,15)12(2)14/h12,14-15H,4-11H2,1-3H3. The van der Waals surface area contributed by atoms with E-state index in [1.165, 1.54) is 32.1 Å². The Balaban J connectivity index is 3.27. The highest BCUT2D eigenvalue weighted by Crippen LogP contribution is 2.10. The van der Waals surface area contributed by atoms with Gasteiger partial charge < -0.3 is 14.9 Å². The topological polar surface area (TPSA) is 49.7 Å². The van der Waals surface area contributed by atoms with Crippen LogP contribution in [0.4, 0.5) is 0 Å². The molecule has 0 bridgehead atoms. The molecule has 0 saturated heterocycles. The third-order valence-corrected chi connectivity index (χ3v) is 2.94. The first-order chi connectivity index (χ1) is 7.50. The molecule has 0 aliphatic heterocycles. The van der Waals surface area contributed by atoms with Crippen molar-refractivity contribution in [3.05, 3.63) is 0 Å². The molecule has 16 heavy (non-hydrogen) atoms. The van der Waals surface area contributed by atoms with E-state index < -0.39 is 11.7 Å². The molecule has 0 aromatic rings. The lowest BCUT2D eigenvalue weighted by atomic mass is 10.0. The molecule has 0 aliphatic rings. The molecule has 0 aliphatic carbocycles. The van der Waals surface area contributed by atoms with Crippen molar-refractivity contribution in [2.75, 3.05) is 13.2 Å². The summed E-state index contributed by atoms with van der Waals surface area (Å²) in [4.78, 5) is 0. The van der Waals surface area contributed by atoms with Gasteiger partial charge in [-0.2, -0.15) is 0 Å². The lowest BCUT2D eigenvalue weighted by Gasteiger charge is -2.26. The minimum atomic E-state index is -1.12. The van der Waals surface area contributed by atoms with E-state index in [0.29, 0.717) is 6.61 Å². The van der Waals surface area contributed by atoms with Gasteiger partial charge in [-0.1, -0.05) is 39.0 Å². The summed E-state index contributed by atoms with van der Waals surface area (Å²) in [7, 11) is 0. The molecule has 3 heteroatoms. The van der Waals surface area contributed by atoms with Crippen molar-refractivity contribution in [1.82, 2.24) is 0 Å². The molecule has 2 N–H and O–H groups in total. The van der Waals surface area contributed by atoms with E-state index in [1.54, 1.807) is 13.8 Å². The molecule has 2 unspecified atom stereocenters. The van der Waals surface area contributed by atoms with Crippen molar-refractivity contribution in [2.45, 2.75) is 71.0 Å². The first-order valence-electron chi connectivity index (χ1n) is 6.49. The molecule has 0 aromatic heterocycles. The van der Waals surface area contributed by atoms with Crippen molar-refractivity contribution in [3.8, 4) is 0 Å². The zero-order chi connectivity index (χ0) is 12.4. The molecule has 0 radical (unpaired) electrons. The maximum atomic E-state index is 9.69. The van der Waals surface area contributed by atoms with Gasteiger partial charge in [0, 0.05) is 6.61 Å². The number of aliphatic hydroxyl groups is 2. The van der Waals surface area contributed by atoms with E-state index >= 15 is 0 Å². The third kappa shape index (κ3) is 8.08. The quantitative estimate of drug-likeness (QED) is 0.569. The van der Waals surface area contributed by atoms with Crippen LogP contribution in [0.5, 0.6) is 0 Å². The number of aliphatic hydroxyl groups excluding tert-OH is 1. The molecule has 0 heterocycles. The summed E-state index contributed by atoms with van der Waals surface area (Å²) in [6, 6.07) is 0. The van der Waals surface area contributed by atoms with Gasteiger partial charge in [0.1, 0.15) is 5.60 Å². The summed E-state index contributed by atoms with van der Waals surface area (Å²) in [6.07, 6.45) is 6.64. The van der Waals surface area contributed by atoms with Crippen LogP contribution in [0.1, 0.15) is 59.3 Å². The molecule has 3 nitrogen and oxygen atoms in total. The third-order valence-electron chi connectivity index (χ3n) is 2.94. The summed E-state index contributed by atoms with van der Waals surface area (Å²) < 4.78 is 5.36. The largest absolute Gasteiger partial charge is 0.390 e. The maximum absolute atomic E-state index is 9.69. The molecular weight excluding hydrogens is 204 g/mol. The van der Waals surface area contributed by atoms with E-state index in [2.05, 4.69) is 6.92 Å². The van der Waals surface area contributed by atoms with E-state index in [4.69, 9.17) is 4.74 Å². The van der Waals surface area contributed by atoms with E-state index in [0.717, 1.165) is 6.42 Å². The number of hydrogen-bond acceptors (Lipinski definition) is 3. The first kappa shape index (κ1) is 15.9. The maximum Gasteiger partial charge on any atom is 0.111 e. The lowest BCUT2D eigenvalue weighted by molar-refractivity contribution is -0.102. The molecule has 0 aromatic carbocycles. The predicted octanol–water partition coefficient (Wildman–Crippen LogP) is 2.50. The Kier molecular flexibility index (Phi) is 8.90. The van der Waals surface area contributed by atoms with Gasteiger partial charge in [-0.3, -0.25) is 0 Å². The Labute approximate surface area is 99.8 Å². The van der Waals surface area contributed by atoms with Gasteiger partial charge >= 0.3 is 0 Å². The van der Waals surface area contributed by atoms with Gasteiger partial charge in [0.15, 0.2) is 0 Å². The van der Waals surface area contributed by atoms with Gasteiger partial charge in [-0.05, 0) is 20.3 Å². The summed E-state index contributed by atoms with van der Waals surface area (Å²) in [6.45, 7) is 6.27. The van der Waals surface area contributed by atoms with Gasteiger partial charge in [-0.15, -0.1) is 0 Å². The van der Waals surface area contributed by atoms with Crippen LogP contribution in [-0.4, -0.2) is 35.1 Å². The van der Waals surface area contributed by atoms with Crippen LogP contribution in [0.15, 0.2) is 0 Å². The fourth-order valence-electron chi connectivity index (χ4n) is 1.38. The van der Waals surface area contributed by atoms with Crippen LogP contribution in [0, 0.1) is 0 Å². The van der Waals surface area contributed by atoms with Gasteiger partial charge in [0.05, 0.1) is 12.7 Å². The van der Waals surface area contributed by atoms with Crippen LogP contribution in [0.3, 0.4) is 0 Å². The summed E-state index contributed by atoms with van der Waals surface area (Å²) in [5.41, 5.74) is -1.12. The van der Waals surface area contributed by atoms with E-state index in [-0.39, 0.29) is 6.61 Å². The van der Waals surface area contributed by atoms with E-state index in [1.807, 2.05) is 0 Å². The summed E-state index contributed by atoms with van der Waals surface area (Å²) in [5.74, 6) is 0. The normalized spacial score (nSPS) is 17.1. The second kappa shape index (κ2) is 8.97. The zero-order valence-electron chi connectivity index (χ0n) is 11.0. The molecule has 0 amide bonds. The number of rotatable bonds is 10. The van der Waals surface area contributed by atoms with Crippen molar-refractivity contribution < 1.29 is 14.9 Å². The Bertz CT molecular complexity index is 155. The summed E-state index contributed by atoms with van der Waals surface area (Å²) >= 11 is 0. The number of unbranched alkanes of at least 4 members (excludes halogenated alkanes) is 5. The Morgan fingerprint density at radius 1 is 1.12 bits per heavy atom. The van der Waals surface area contributed by atoms with Crippen molar-refractivity contribution in [3.63, 3.8) is 0 Å². The number of ether oxygens (including phenoxy) is 1. The van der Waals surface area contributed by atoms with Gasteiger partial charge in [0.2, 0.25) is 0 Å². The van der Waals surface area contributed by atoms with E-state index in [9.17, 15) is 10.2 Å². The first-order valence-corrected chi connectivity index (χ1v) is 6.49. The van der Waals surface area contributed by atoms with Crippen molar-refractivity contribution in [1.29, 1.82) is 0 Å². The van der Waals surface area contributed by atoms with Crippen molar-refractivity contribution >= 4 is 0 Å². The smallest absolute Gasteiger partial charge is 0.111 e. The van der Waals surface area contributed by atoms with Crippen LogP contribution in [0.2, 0.25) is 0 Å². The predicted molar refractivity (Wildman–Crippen MR) is 66.5 cm³/mol. The highest BCUT2D eigenvalue weighted by Gasteiger charge is 2.26. The Morgan fingerprint density at radius 3 is 2.25 bits per heavy atom. The fourth-order valence-corrected chi connectivity index (χ4v) is 1.38. The molecule has 0 spiro atoms. The Hall–Kier alpha value is -0.120. The molecule has 2 atom stereocenters. The SMILES string of the molecule is CCCCCCCCOCC(C)(O)C(C)O. The lowest BCUT2D eigenvalue weighted by Crippen LogP contribution is -2.41. The summed E-state index contributed by atoms with van der Waals surface area (Å²) in [5, 5.41) is 18.9. The second-order valence-electron chi connectivity index (χ2n) is 4.85. The highest BCUT2D eigenvalue weighted by atomic mass is 16.5. The van der Waals surface area contributed by atoms with Crippen LogP contribution >= 0.6 is 0 Å². The fraction of sp³-hybridized carbons (Fsp3) is 1.00. The van der Waals surface area contributed by atoms with Crippen LogP contribution in [0.25, 0.3) is 0 Å². The minimum absolute atomic E-state index is 0.208. The molecule has 0 fully saturated rings. The minimum Gasteiger partial charge on any atom is -0.390 e. The van der Waals surface area contributed by atoms with Gasteiger partial charge in [-0.25, -0.2) is 0 Å². The highest BCUT2D eigenvalue weighted by molar-refractivity contribution is 4.77. The second-order valence-corrected chi connectivity index (χ2v) is 4.85. The van der Waals surface area contributed by atoms with Crippen molar-refractivity contribution in [2.24, 2.45) is 0 Å². The molecule has 0 saturated carbocycles. The average Bonchev–Trinajstić information content (AvgIpc) is 2.21. The number of hydrogen-bond donors (Lipinski definition) is 2. The average molecular weight is 232 g/mol. The molecule has 98 valence electrons. The molecular formula is C13H28O3. The van der Waals surface area contributed by atoms with Gasteiger partial charge in [0.25, 0.3) is 0 Å².